The summed E-state index contributed by atoms with van der Waals surface area (Å²) < 4.78 is 4.85. The monoisotopic (exact) mass is 158 g/mol. The fraction of sp³-hybridized carbons (Fsp3) is 0.167. The number of pyridine rings is 1. The number of nitrogens with one attached hydrogen (secondary N) is 1. The minimum atomic E-state index is 0. The molecule has 1 aromatic heterocycles. The number of anilines is 1. The van der Waals surface area contributed by atoms with Gasteiger partial charge in [0, 0.05) is 6.20 Å². The first kappa shape index (κ1) is 9.67. The standard InChI is InChI=1S/C6H8N2O2.H2O/c1-10-5-3-2-4-7-6(5)8-9;/h2-4,9H,1H3,(H,7,8);1H2. The Balaban J connectivity index is 0.000001000. The van der Waals surface area contributed by atoms with Crippen molar-refractivity contribution in [3.63, 3.8) is 0 Å². The van der Waals surface area contributed by atoms with Gasteiger partial charge in [-0.1, -0.05) is 0 Å². The zero-order valence-corrected chi connectivity index (χ0v) is 6.03. The van der Waals surface area contributed by atoms with E-state index in [1.807, 2.05) is 5.48 Å². The third-order valence-corrected chi connectivity index (χ3v) is 1.10. The fourth-order valence-electron chi connectivity index (χ4n) is 0.639. The van der Waals surface area contributed by atoms with E-state index in [0.717, 1.165) is 0 Å². The molecule has 0 bridgehead atoms. The van der Waals surface area contributed by atoms with Crippen molar-refractivity contribution < 1.29 is 15.4 Å². The molecule has 11 heavy (non-hydrogen) atoms. The van der Waals surface area contributed by atoms with Crippen LogP contribution in [0.2, 0.25) is 0 Å². The molecule has 0 aliphatic rings. The highest BCUT2D eigenvalue weighted by Gasteiger charge is 1.98. The Bertz CT molecular complexity index is 194. The summed E-state index contributed by atoms with van der Waals surface area (Å²) >= 11 is 0. The van der Waals surface area contributed by atoms with Gasteiger partial charge in [0.2, 0.25) is 0 Å². The highest BCUT2D eigenvalue weighted by atomic mass is 16.5. The number of nitrogens with zero attached hydrogens (tertiary/aromatic N) is 1. The van der Waals surface area contributed by atoms with Crippen molar-refractivity contribution in [1.82, 2.24) is 4.98 Å². The Hall–Kier alpha value is -1.33. The van der Waals surface area contributed by atoms with Crippen molar-refractivity contribution in [2.75, 3.05) is 12.6 Å². The van der Waals surface area contributed by atoms with Crippen LogP contribution in [0.3, 0.4) is 0 Å². The molecule has 5 nitrogen and oxygen atoms in total. The summed E-state index contributed by atoms with van der Waals surface area (Å²) in [6, 6.07) is 3.42. The number of methoxy groups -OCH3 is 1. The van der Waals surface area contributed by atoms with Crippen LogP contribution in [0.15, 0.2) is 18.3 Å². The normalized spacial score (nSPS) is 8.18. The molecule has 62 valence electrons. The Morgan fingerprint density at radius 2 is 2.36 bits per heavy atom. The van der Waals surface area contributed by atoms with Crippen LogP contribution < -0.4 is 10.2 Å². The molecule has 0 saturated carbocycles. The van der Waals surface area contributed by atoms with Crippen molar-refractivity contribution in [2.45, 2.75) is 0 Å². The third kappa shape index (κ3) is 2.06. The van der Waals surface area contributed by atoms with Crippen molar-refractivity contribution in [3.05, 3.63) is 18.3 Å². The number of hydrogen-bond donors (Lipinski definition) is 2. The van der Waals surface area contributed by atoms with Gasteiger partial charge in [-0.25, -0.2) is 10.5 Å². The molecule has 4 N–H and O–H groups in total. The van der Waals surface area contributed by atoms with E-state index in [2.05, 4.69) is 4.98 Å². The molecule has 1 rings (SSSR count). The first-order valence-corrected chi connectivity index (χ1v) is 2.77. The van der Waals surface area contributed by atoms with Gasteiger partial charge in [-0.3, -0.25) is 5.21 Å². The predicted molar refractivity (Wildman–Crippen MR) is 39.8 cm³/mol. The van der Waals surface area contributed by atoms with E-state index in [1.165, 1.54) is 7.11 Å². The Kier molecular flexibility index (Phi) is 3.94. The maximum atomic E-state index is 8.46. The Labute approximate surface area is 63.9 Å². The van der Waals surface area contributed by atoms with Gasteiger partial charge in [0.05, 0.1) is 7.11 Å². The largest absolute Gasteiger partial charge is 0.493 e. The smallest absolute Gasteiger partial charge is 0.192 e. The SMILES string of the molecule is COc1cccnc1NO.O. The number of aromatic nitrogens is 1. The number of rotatable bonds is 2. The van der Waals surface area contributed by atoms with Crippen LogP contribution in [0.1, 0.15) is 0 Å². The van der Waals surface area contributed by atoms with E-state index in [1.54, 1.807) is 18.3 Å². The van der Waals surface area contributed by atoms with Crippen molar-refractivity contribution >= 4 is 5.82 Å². The van der Waals surface area contributed by atoms with Crippen molar-refractivity contribution in [2.24, 2.45) is 0 Å². The van der Waals surface area contributed by atoms with Gasteiger partial charge in [0.25, 0.3) is 0 Å². The summed E-state index contributed by atoms with van der Waals surface area (Å²) in [4.78, 5) is 3.78. The lowest BCUT2D eigenvalue weighted by molar-refractivity contribution is 0.369. The van der Waals surface area contributed by atoms with E-state index in [-0.39, 0.29) is 5.48 Å². The lowest BCUT2D eigenvalue weighted by atomic mass is 10.4. The van der Waals surface area contributed by atoms with Gasteiger partial charge in [-0.05, 0) is 12.1 Å². The Morgan fingerprint density at radius 1 is 1.64 bits per heavy atom. The predicted octanol–water partition coefficient (Wildman–Crippen LogP) is 0.0666. The van der Waals surface area contributed by atoms with Gasteiger partial charge in [-0.2, -0.15) is 0 Å². The van der Waals surface area contributed by atoms with Gasteiger partial charge in [0.1, 0.15) is 0 Å². The molecule has 0 atom stereocenters. The van der Waals surface area contributed by atoms with Gasteiger partial charge in [-0.15, -0.1) is 0 Å². The van der Waals surface area contributed by atoms with Crippen LogP contribution in [0.5, 0.6) is 5.75 Å². The zero-order valence-electron chi connectivity index (χ0n) is 6.03. The van der Waals surface area contributed by atoms with E-state index in [0.29, 0.717) is 11.6 Å². The van der Waals surface area contributed by atoms with Crippen LogP contribution in [-0.2, 0) is 0 Å². The summed E-state index contributed by atoms with van der Waals surface area (Å²) in [5, 5.41) is 8.46. The first-order valence-electron chi connectivity index (χ1n) is 2.77. The lowest BCUT2D eigenvalue weighted by Gasteiger charge is -2.02. The van der Waals surface area contributed by atoms with Crippen LogP contribution in [0.25, 0.3) is 0 Å². The molecular formula is C6H10N2O3. The maximum Gasteiger partial charge on any atom is 0.192 e. The quantitative estimate of drug-likeness (QED) is 0.596. The first-order chi connectivity index (χ1) is 4.88. The van der Waals surface area contributed by atoms with E-state index >= 15 is 0 Å². The highest BCUT2D eigenvalue weighted by Crippen LogP contribution is 2.18. The molecule has 1 aromatic rings. The molecule has 5 heteroatoms. The van der Waals surface area contributed by atoms with Crippen molar-refractivity contribution in [1.29, 1.82) is 0 Å². The summed E-state index contributed by atoms with van der Waals surface area (Å²) in [7, 11) is 1.51. The van der Waals surface area contributed by atoms with Gasteiger partial charge >= 0.3 is 0 Å². The topological polar surface area (TPSA) is 85.9 Å². The molecule has 0 saturated heterocycles. The summed E-state index contributed by atoms with van der Waals surface area (Å²) in [6.07, 6.45) is 1.56. The van der Waals surface area contributed by atoms with Crippen LogP contribution in [-0.4, -0.2) is 22.8 Å². The second kappa shape index (κ2) is 4.48. The van der Waals surface area contributed by atoms with Crippen LogP contribution >= 0.6 is 0 Å². The fourth-order valence-corrected chi connectivity index (χ4v) is 0.639. The third-order valence-electron chi connectivity index (χ3n) is 1.10. The molecule has 0 aliphatic carbocycles. The van der Waals surface area contributed by atoms with Gasteiger partial charge < -0.3 is 10.2 Å². The minimum absolute atomic E-state index is 0. The molecule has 0 unspecified atom stereocenters. The molecule has 0 aliphatic heterocycles. The molecular weight excluding hydrogens is 148 g/mol. The van der Waals surface area contributed by atoms with E-state index in [4.69, 9.17) is 9.94 Å². The zero-order chi connectivity index (χ0) is 7.40. The molecule has 0 amide bonds. The van der Waals surface area contributed by atoms with Crippen LogP contribution in [0.4, 0.5) is 5.82 Å². The average molecular weight is 158 g/mol. The maximum absolute atomic E-state index is 8.46. The molecule has 0 fully saturated rings. The molecule has 0 spiro atoms. The number of hydrogen-bond acceptors (Lipinski definition) is 4. The van der Waals surface area contributed by atoms with Gasteiger partial charge in [0.15, 0.2) is 11.6 Å². The lowest BCUT2D eigenvalue weighted by Crippen LogP contribution is -1.95. The summed E-state index contributed by atoms with van der Waals surface area (Å²) in [6.45, 7) is 0. The summed E-state index contributed by atoms with van der Waals surface area (Å²) in [5.74, 6) is 0.843. The second-order valence-electron chi connectivity index (χ2n) is 1.67. The highest BCUT2D eigenvalue weighted by molar-refractivity contribution is 5.47. The van der Waals surface area contributed by atoms with E-state index < -0.39 is 0 Å². The molecule has 0 aromatic carbocycles. The average Bonchev–Trinajstić information content (AvgIpc) is 2.04. The molecule has 0 radical (unpaired) electrons. The summed E-state index contributed by atoms with van der Waals surface area (Å²) in [5.41, 5.74) is 1.91. The number of ether oxygens (including phenoxy) is 1. The van der Waals surface area contributed by atoms with E-state index in [9.17, 15) is 0 Å². The molecule has 1 heterocycles. The van der Waals surface area contributed by atoms with Crippen molar-refractivity contribution in [3.8, 4) is 5.75 Å². The Morgan fingerprint density at radius 3 is 2.82 bits per heavy atom. The second-order valence-corrected chi connectivity index (χ2v) is 1.67. The van der Waals surface area contributed by atoms with Crippen LogP contribution in [0, 0.1) is 0 Å². The minimum Gasteiger partial charge on any atom is -0.493 e.